The smallest absolute Gasteiger partial charge is 0.273 e. The van der Waals surface area contributed by atoms with Gasteiger partial charge < -0.3 is 15.2 Å². The first-order chi connectivity index (χ1) is 9.90. The fraction of sp³-hybridized carbons (Fsp3) is 0.417. The predicted octanol–water partition coefficient (Wildman–Crippen LogP) is -0.0560. The Morgan fingerprint density at radius 2 is 2.24 bits per heavy atom. The lowest BCUT2D eigenvalue weighted by Gasteiger charge is -2.22. The van der Waals surface area contributed by atoms with Gasteiger partial charge in [0.05, 0.1) is 16.9 Å². The largest absolute Gasteiger partial charge is 0.545 e. The van der Waals surface area contributed by atoms with Gasteiger partial charge in [0, 0.05) is 23.9 Å². The zero-order chi connectivity index (χ0) is 15.6. The van der Waals surface area contributed by atoms with E-state index in [-0.39, 0.29) is 35.4 Å². The summed E-state index contributed by atoms with van der Waals surface area (Å²) in [5.74, 6) is -2.48. The number of alkyl halides is 2. The minimum Gasteiger partial charge on any atom is -0.545 e. The van der Waals surface area contributed by atoms with Crippen molar-refractivity contribution in [2.45, 2.75) is 31.9 Å². The molecule has 1 aromatic heterocycles. The Balaban J connectivity index is 2.12. The Bertz CT molecular complexity index is 588. The van der Waals surface area contributed by atoms with Crippen molar-refractivity contribution in [3.63, 3.8) is 0 Å². The number of hydrogen-bond donors (Lipinski definition) is 2. The highest BCUT2D eigenvalue weighted by molar-refractivity contribution is 7.10. The molecule has 1 saturated heterocycles. The summed E-state index contributed by atoms with van der Waals surface area (Å²) < 4.78 is 25.7. The van der Waals surface area contributed by atoms with E-state index in [1.807, 2.05) is 0 Å². The lowest BCUT2D eigenvalue weighted by Crippen LogP contribution is -2.50. The van der Waals surface area contributed by atoms with Crippen LogP contribution in [-0.2, 0) is 16.1 Å². The fourth-order valence-electron chi connectivity index (χ4n) is 2.05. The summed E-state index contributed by atoms with van der Waals surface area (Å²) in [6.07, 6.45) is -2.43. The number of nitrogens with one attached hydrogen (secondary N) is 2. The minimum atomic E-state index is -2.80. The summed E-state index contributed by atoms with van der Waals surface area (Å²) in [5, 5.41) is 16.8. The van der Waals surface area contributed by atoms with E-state index < -0.39 is 30.3 Å². The Kier molecular flexibility index (Phi) is 4.63. The summed E-state index contributed by atoms with van der Waals surface area (Å²) in [7, 11) is 0. The number of carbonyl (C=O) groups excluding carboxylic acids is 3. The highest BCUT2D eigenvalue weighted by Gasteiger charge is 2.27. The maximum atomic E-state index is 12.8. The Labute approximate surface area is 122 Å². The molecular formula is C12H11F2N2O4S-. The molecule has 0 saturated carbocycles. The van der Waals surface area contributed by atoms with Crippen LogP contribution >= 0.6 is 11.3 Å². The molecule has 21 heavy (non-hydrogen) atoms. The topological polar surface area (TPSA) is 98.3 Å². The number of halogens is 2. The Morgan fingerprint density at radius 1 is 1.52 bits per heavy atom. The van der Waals surface area contributed by atoms with Crippen LogP contribution in [-0.4, -0.2) is 23.8 Å². The van der Waals surface area contributed by atoms with Crippen molar-refractivity contribution in [2.75, 3.05) is 0 Å². The molecule has 2 heterocycles. The molecule has 0 radical (unpaired) electrons. The van der Waals surface area contributed by atoms with Crippen LogP contribution in [0.3, 0.4) is 0 Å². The fourth-order valence-corrected chi connectivity index (χ4v) is 2.96. The van der Waals surface area contributed by atoms with Gasteiger partial charge in [-0.15, -0.1) is 11.3 Å². The molecule has 2 N–H and O–H groups in total. The number of carboxylic acid groups (broad SMARTS) is 1. The molecule has 2 amide bonds. The molecule has 0 bridgehead atoms. The number of rotatable bonds is 5. The normalized spacial score (nSPS) is 18.9. The van der Waals surface area contributed by atoms with Gasteiger partial charge in [0.1, 0.15) is 0 Å². The van der Waals surface area contributed by atoms with Gasteiger partial charge in [-0.1, -0.05) is 0 Å². The third-order valence-corrected chi connectivity index (χ3v) is 4.14. The summed E-state index contributed by atoms with van der Waals surface area (Å²) in [6.45, 7) is -0.210. The lowest BCUT2D eigenvalue weighted by molar-refractivity contribution is -0.255. The highest BCUT2D eigenvalue weighted by Crippen LogP contribution is 2.31. The van der Waals surface area contributed by atoms with Crippen LogP contribution in [0.2, 0.25) is 0 Å². The number of aromatic carboxylic acids is 1. The van der Waals surface area contributed by atoms with Gasteiger partial charge in [-0.2, -0.15) is 0 Å². The van der Waals surface area contributed by atoms with Crippen LogP contribution in [0.5, 0.6) is 0 Å². The molecule has 1 fully saturated rings. The zero-order valence-corrected chi connectivity index (χ0v) is 11.5. The van der Waals surface area contributed by atoms with Crippen molar-refractivity contribution >= 4 is 29.1 Å². The van der Waals surface area contributed by atoms with Crippen LogP contribution in [0.25, 0.3) is 0 Å². The van der Waals surface area contributed by atoms with E-state index in [9.17, 15) is 28.3 Å². The molecule has 0 aromatic carbocycles. The van der Waals surface area contributed by atoms with E-state index in [1.54, 1.807) is 0 Å². The second-order valence-corrected chi connectivity index (χ2v) is 5.38. The number of piperidine rings is 1. The second kappa shape index (κ2) is 6.27. The van der Waals surface area contributed by atoms with E-state index in [0.717, 1.165) is 5.38 Å². The molecule has 1 aliphatic heterocycles. The molecule has 0 aliphatic carbocycles. The first kappa shape index (κ1) is 15.5. The number of carbonyl (C=O) groups is 3. The molecule has 1 aliphatic rings. The van der Waals surface area contributed by atoms with E-state index in [1.165, 1.54) is 0 Å². The van der Waals surface area contributed by atoms with Gasteiger partial charge in [-0.25, -0.2) is 8.78 Å². The Morgan fingerprint density at radius 3 is 2.81 bits per heavy atom. The third-order valence-electron chi connectivity index (χ3n) is 3.11. The van der Waals surface area contributed by atoms with Crippen LogP contribution < -0.4 is 15.7 Å². The van der Waals surface area contributed by atoms with Crippen LogP contribution in [0.1, 0.15) is 40.1 Å². The average molecular weight is 317 g/mol. The van der Waals surface area contributed by atoms with Gasteiger partial charge in [0.15, 0.2) is 0 Å². The van der Waals surface area contributed by atoms with E-state index >= 15 is 0 Å². The van der Waals surface area contributed by atoms with Crippen molar-refractivity contribution < 1.29 is 28.3 Å². The summed E-state index contributed by atoms with van der Waals surface area (Å²) in [6, 6.07) is -0.720. The second-order valence-electron chi connectivity index (χ2n) is 4.46. The van der Waals surface area contributed by atoms with Gasteiger partial charge in [-0.3, -0.25) is 14.9 Å². The van der Waals surface area contributed by atoms with Crippen molar-refractivity contribution in [3.05, 3.63) is 21.4 Å². The molecule has 0 spiro atoms. The molecule has 114 valence electrons. The summed E-state index contributed by atoms with van der Waals surface area (Å²) in [5.41, 5.74) is -0.394. The molecule has 1 unspecified atom stereocenters. The number of amides is 2. The van der Waals surface area contributed by atoms with Gasteiger partial charge in [0.25, 0.3) is 6.43 Å². The summed E-state index contributed by atoms with van der Waals surface area (Å²) >= 11 is 0.635. The quantitative estimate of drug-likeness (QED) is 0.742. The van der Waals surface area contributed by atoms with Gasteiger partial charge in [0.2, 0.25) is 11.8 Å². The first-order valence-corrected chi connectivity index (χ1v) is 6.95. The van der Waals surface area contributed by atoms with E-state index in [0.29, 0.717) is 11.3 Å². The van der Waals surface area contributed by atoms with E-state index in [4.69, 9.17) is 0 Å². The minimum absolute atomic E-state index is 0.0836. The average Bonchev–Trinajstić information content (AvgIpc) is 2.81. The first-order valence-electron chi connectivity index (χ1n) is 6.07. The SMILES string of the molecule is O=C1CCC(NCc2c(C(=O)[O-])csc2C(F)F)C(=O)N1. The van der Waals surface area contributed by atoms with Crippen molar-refractivity contribution in [1.29, 1.82) is 0 Å². The molecule has 1 aromatic rings. The molecule has 9 heteroatoms. The summed E-state index contributed by atoms with van der Waals surface area (Å²) in [4.78, 5) is 33.1. The van der Waals surface area contributed by atoms with Crippen LogP contribution in [0, 0.1) is 0 Å². The number of thiophene rings is 1. The van der Waals surface area contributed by atoms with E-state index in [2.05, 4.69) is 10.6 Å². The van der Waals surface area contributed by atoms with Crippen LogP contribution in [0.15, 0.2) is 5.38 Å². The molecule has 2 rings (SSSR count). The number of imide groups is 1. The standard InChI is InChI=1S/C12H12F2N2O4S/c13-10(14)9-5(6(4-21-9)12(19)20)3-15-7-1-2-8(17)16-11(7)18/h4,7,10,15H,1-3H2,(H,19,20)(H,16,17,18)/p-1. The van der Waals surface area contributed by atoms with Gasteiger partial charge in [-0.05, 0) is 12.0 Å². The monoisotopic (exact) mass is 317 g/mol. The number of hydrogen-bond acceptors (Lipinski definition) is 6. The van der Waals surface area contributed by atoms with Crippen molar-refractivity contribution in [3.8, 4) is 0 Å². The Hall–Kier alpha value is -1.87. The molecule has 6 nitrogen and oxygen atoms in total. The molecular weight excluding hydrogens is 306 g/mol. The zero-order valence-electron chi connectivity index (χ0n) is 10.7. The van der Waals surface area contributed by atoms with Crippen molar-refractivity contribution in [1.82, 2.24) is 10.6 Å². The highest BCUT2D eigenvalue weighted by atomic mass is 32.1. The van der Waals surface area contributed by atoms with Gasteiger partial charge >= 0.3 is 0 Å². The number of carboxylic acids is 1. The van der Waals surface area contributed by atoms with Crippen LogP contribution in [0.4, 0.5) is 8.78 Å². The van der Waals surface area contributed by atoms with Crippen molar-refractivity contribution in [2.24, 2.45) is 0 Å². The third kappa shape index (κ3) is 3.42. The lowest BCUT2D eigenvalue weighted by atomic mass is 10.0. The predicted molar refractivity (Wildman–Crippen MR) is 66.6 cm³/mol. The maximum absolute atomic E-state index is 12.8. The molecule has 1 atom stereocenters. The maximum Gasteiger partial charge on any atom is 0.273 e.